The van der Waals surface area contributed by atoms with Crippen LogP contribution in [0.3, 0.4) is 0 Å². The Morgan fingerprint density at radius 1 is 1.16 bits per heavy atom. The second-order valence-electron chi connectivity index (χ2n) is 8.75. The molecule has 0 bridgehead atoms. The molecule has 0 spiro atoms. The second kappa shape index (κ2) is 9.08. The monoisotopic (exact) mass is 514 g/mol. The summed E-state index contributed by atoms with van der Waals surface area (Å²) in [5.41, 5.74) is 1.80. The number of carbonyl (C=O) groups excluding carboxylic acids is 1. The van der Waals surface area contributed by atoms with Gasteiger partial charge >= 0.3 is 0 Å². The first kappa shape index (κ1) is 21.8. The van der Waals surface area contributed by atoms with E-state index in [0.29, 0.717) is 18.1 Å². The third kappa shape index (κ3) is 4.16. The molecule has 2 aromatic heterocycles. The van der Waals surface area contributed by atoms with Gasteiger partial charge in [-0.05, 0) is 88.4 Å². The van der Waals surface area contributed by atoms with E-state index in [1.807, 2.05) is 24.3 Å². The van der Waals surface area contributed by atoms with Crippen LogP contribution < -0.4 is 10.9 Å². The summed E-state index contributed by atoms with van der Waals surface area (Å²) >= 11 is 5.09. The summed E-state index contributed by atoms with van der Waals surface area (Å²) in [4.78, 5) is 36.5. The Hall–Kier alpha value is -2.03. The number of rotatable bonds is 5. The van der Waals surface area contributed by atoms with Crippen molar-refractivity contribution in [3.8, 4) is 0 Å². The third-order valence-electron chi connectivity index (χ3n) is 6.54. The van der Waals surface area contributed by atoms with Gasteiger partial charge in [-0.1, -0.05) is 15.9 Å². The standard InChI is InChI=1S/C24H27BrN4O2S/c1-15(22(30)26-17-10-8-16(25)9-11-17)29-20(14-28-12-4-5-13-28)27-23-21(24(29)31)18-6-2-3-7-19(18)32-23/h8-11,15H,2-7,12-14H2,1H3,(H,26,30). The first-order chi connectivity index (χ1) is 15.5. The Kier molecular flexibility index (Phi) is 6.18. The van der Waals surface area contributed by atoms with Crippen molar-refractivity contribution < 1.29 is 4.79 Å². The molecule has 1 amide bonds. The number of hydrogen-bond donors (Lipinski definition) is 1. The van der Waals surface area contributed by atoms with Crippen molar-refractivity contribution in [3.63, 3.8) is 0 Å². The number of fused-ring (bicyclic) bond motifs is 3. The minimum Gasteiger partial charge on any atom is -0.324 e. The summed E-state index contributed by atoms with van der Waals surface area (Å²) in [6.45, 7) is 4.42. The van der Waals surface area contributed by atoms with E-state index in [1.54, 1.807) is 22.8 Å². The van der Waals surface area contributed by atoms with Gasteiger partial charge in [-0.15, -0.1) is 11.3 Å². The fourth-order valence-electron chi connectivity index (χ4n) is 4.81. The topological polar surface area (TPSA) is 67.2 Å². The second-order valence-corrected chi connectivity index (χ2v) is 10.7. The summed E-state index contributed by atoms with van der Waals surface area (Å²) in [5, 5.41) is 3.70. The van der Waals surface area contributed by atoms with E-state index in [0.717, 1.165) is 52.6 Å². The molecule has 168 valence electrons. The lowest BCUT2D eigenvalue weighted by atomic mass is 9.97. The lowest BCUT2D eigenvalue weighted by Gasteiger charge is -2.22. The highest BCUT2D eigenvalue weighted by Crippen LogP contribution is 2.34. The number of aromatic nitrogens is 2. The van der Waals surface area contributed by atoms with Gasteiger partial charge < -0.3 is 5.32 Å². The van der Waals surface area contributed by atoms with Gasteiger partial charge in [0.2, 0.25) is 5.91 Å². The number of aryl methyl sites for hydroxylation is 2. The van der Waals surface area contributed by atoms with Crippen LogP contribution in [-0.2, 0) is 24.2 Å². The number of nitrogens with zero attached hydrogens (tertiary/aromatic N) is 3. The molecule has 0 saturated carbocycles. The number of likely N-dealkylation sites (tertiary alicyclic amines) is 1. The molecule has 1 aliphatic carbocycles. The van der Waals surface area contributed by atoms with E-state index in [-0.39, 0.29) is 11.5 Å². The minimum atomic E-state index is -0.653. The first-order valence-electron chi connectivity index (χ1n) is 11.4. The Morgan fingerprint density at radius 3 is 2.62 bits per heavy atom. The molecule has 3 aromatic rings. The van der Waals surface area contributed by atoms with Gasteiger partial charge in [-0.2, -0.15) is 0 Å². The van der Waals surface area contributed by atoms with Crippen LogP contribution in [0.25, 0.3) is 10.2 Å². The molecule has 1 saturated heterocycles. The zero-order chi connectivity index (χ0) is 22.2. The maximum atomic E-state index is 13.8. The van der Waals surface area contributed by atoms with Gasteiger partial charge in [-0.25, -0.2) is 4.98 Å². The molecule has 0 radical (unpaired) electrons. The molecule has 5 rings (SSSR count). The van der Waals surface area contributed by atoms with Crippen molar-refractivity contribution in [2.75, 3.05) is 18.4 Å². The van der Waals surface area contributed by atoms with Gasteiger partial charge in [0.25, 0.3) is 5.56 Å². The van der Waals surface area contributed by atoms with Gasteiger partial charge in [0.1, 0.15) is 16.7 Å². The maximum Gasteiger partial charge on any atom is 0.263 e. The minimum absolute atomic E-state index is 0.0675. The predicted octanol–water partition coefficient (Wildman–Crippen LogP) is 4.89. The molecule has 6 nitrogen and oxygen atoms in total. The molecule has 8 heteroatoms. The van der Waals surface area contributed by atoms with Crippen LogP contribution in [0.2, 0.25) is 0 Å². The molecule has 2 aliphatic rings. The molecule has 3 heterocycles. The Morgan fingerprint density at radius 2 is 1.88 bits per heavy atom. The van der Waals surface area contributed by atoms with Gasteiger partial charge in [-0.3, -0.25) is 19.1 Å². The molecule has 1 aliphatic heterocycles. The summed E-state index contributed by atoms with van der Waals surface area (Å²) in [5.74, 6) is 0.490. The number of benzene rings is 1. The largest absolute Gasteiger partial charge is 0.324 e. The number of halogens is 1. The van der Waals surface area contributed by atoms with Gasteiger partial charge in [0, 0.05) is 15.0 Å². The van der Waals surface area contributed by atoms with Gasteiger partial charge in [0.15, 0.2) is 0 Å². The highest BCUT2D eigenvalue weighted by molar-refractivity contribution is 9.10. The summed E-state index contributed by atoms with van der Waals surface area (Å²) in [7, 11) is 0. The average molecular weight is 515 g/mol. The lowest BCUT2D eigenvalue weighted by molar-refractivity contribution is -0.119. The van der Waals surface area contributed by atoms with E-state index in [2.05, 4.69) is 26.1 Å². The number of hydrogen-bond acceptors (Lipinski definition) is 5. The molecule has 1 atom stereocenters. The zero-order valence-electron chi connectivity index (χ0n) is 18.2. The fourth-order valence-corrected chi connectivity index (χ4v) is 6.34. The van der Waals surface area contributed by atoms with Crippen LogP contribution in [0, 0.1) is 0 Å². The number of anilines is 1. The summed E-state index contributed by atoms with van der Waals surface area (Å²) in [6, 6.07) is 6.81. The summed E-state index contributed by atoms with van der Waals surface area (Å²) < 4.78 is 2.60. The zero-order valence-corrected chi connectivity index (χ0v) is 20.6. The number of amides is 1. The van der Waals surface area contributed by atoms with Crippen LogP contribution in [0.4, 0.5) is 5.69 Å². The van der Waals surface area contributed by atoms with E-state index in [9.17, 15) is 9.59 Å². The van der Waals surface area contributed by atoms with Crippen molar-refractivity contribution in [3.05, 3.63) is 55.4 Å². The Labute approximate surface area is 199 Å². The van der Waals surface area contributed by atoms with Crippen molar-refractivity contribution in [1.82, 2.24) is 14.5 Å². The maximum absolute atomic E-state index is 13.8. The fraction of sp³-hybridized carbons (Fsp3) is 0.458. The molecular formula is C24H27BrN4O2S. The van der Waals surface area contributed by atoms with Crippen LogP contribution in [0.5, 0.6) is 0 Å². The Bertz CT molecular complexity index is 1210. The highest BCUT2D eigenvalue weighted by Gasteiger charge is 2.27. The van der Waals surface area contributed by atoms with E-state index in [1.165, 1.54) is 24.1 Å². The smallest absolute Gasteiger partial charge is 0.263 e. The van der Waals surface area contributed by atoms with Crippen molar-refractivity contribution in [2.45, 2.75) is 58.0 Å². The number of thiophene rings is 1. The van der Waals surface area contributed by atoms with Crippen molar-refractivity contribution >= 4 is 49.1 Å². The van der Waals surface area contributed by atoms with E-state index >= 15 is 0 Å². The van der Waals surface area contributed by atoms with Crippen LogP contribution in [0.15, 0.2) is 33.5 Å². The van der Waals surface area contributed by atoms with E-state index < -0.39 is 6.04 Å². The van der Waals surface area contributed by atoms with Crippen LogP contribution in [0.1, 0.15) is 54.9 Å². The van der Waals surface area contributed by atoms with Gasteiger partial charge in [0.05, 0.1) is 11.9 Å². The normalized spacial score (nSPS) is 17.4. The molecule has 32 heavy (non-hydrogen) atoms. The SMILES string of the molecule is CC(C(=O)Nc1ccc(Br)cc1)n1c(CN2CCCC2)nc2sc3c(c2c1=O)CCCC3. The number of nitrogens with one attached hydrogen (secondary N) is 1. The summed E-state index contributed by atoms with van der Waals surface area (Å²) in [6.07, 6.45) is 6.56. The highest BCUT2D eigenvalue weighted by atomic mass is 79.9. The quantitative estimate of drug-likeness (QED) is 0.525. The molecular weight excluding hydrogens is 488 g/mol. The number of carbonyl (C=O) groups is 1. The molecule has 1 N–H and O–H groups in total. The molecule has 1 fully saturated rings. The molecule has 1 aromatic carbocycles. The van der Waals surface area contributed by atoms with Crippen LogP contribution >= 0.6 is 27.3 Å². The van der Waals surface area contributed by atoms with Crippen molar-refractivity contribution in [2.24, 2.45) is 0 Å². The first-order valence-corrected chi connectivity index (χ1v) is 13.0. The van der Waals surface area contributed by atoms with E-state index in [4.69, 9.17) is 4.98 Å². The average Bonchev–Trinajstić information content (AvgIpc) is 3.42. The molecule has 1 unspecified atom stereocenters. The van der Waals surface area contributed by atoms with Crippen molar-refractivity contribution in [1.29, 1.82) is 0 Å². The lowest BCUT2D eigenvalue weighted by Crippen LogP contribution is -2.36. The Balaban J connectivity index is 1.56. The van der Waals surface area contributed by atoms with Crippen LogP contribution in [-0.4, -0.2) is 33.4 Å². The third-order valence-corrected chi connectivity index (χ3v) is 8.25. The predicted molar refractivity (Wildman–Crippen MR) is 133 cm³/mol.